The standard InChI is InChI=1S/C18H12ClN3O2S/c19-12-5-3-11(4-6-12)13-9-25-17-16(13)18(24)22(10-21-17)8-15(23)14-2-1-7-20-14/h1-7,9-10,20H,8H2. The van der Waals surface area contributed by atoms with E-state index in [4.69, 9.17) is 11.6 Å². The van der Waals surface area contributed by atoms with Crippen molar-refractivity contribution in [1.82, 2.24) is 14.5 Å². The van der Waals surface area contributed by atoms with E-state index in [1.165, 1.54) is 22.2 Å². The van der Waals surface area contributed by atoms with Crippen LogP contribution in [0.25, 0.3) is 21.3 Å². The Hall–Kier alpha value is -2.70. The number of carbonyl (C=O) groups is 1. The molecular formula is C18H12ClN3O2S. The molecule has 0 atom stereocenters. The molecule has 0 spiro atoms. The lowest BCUT2D eigenvalue weighted by Gasteiger charge is -2.05. The summed E-state index contributed by atoms with van der Waals surface area (Å²) in [6.07, 6.45) is 3.10. The molecule has 3 heterocycles. The number of hydrogen-bond acceptors (Lipinski definition) is 4. The van der Waals surface area contributed by atoms with Crippen molar-refractivity contribution in [2.24, 2.45) is 0 Å². The number of H-pyrrole nitrogens is 1. The molecule has 0 bridgehead atoms. The Morgan fingerprint density at radius 1 is 1.24 bits per heavy atom. The lowest BCUT2D eigenvalue weighted by atomic mass is 10.1. The van der Waals surface area contributed by atoms with Crippen molar-refractivity contribution < 1.29 is 4.79 Å². The normalized spacial score (nSPS) is 11.1. The maximum atomic E-state index is 12.9. The van der Waals surface area contributed by atoms with Gasteiger partial charge in [-0.2, -0.15) is 0 Å². The number of hydrogen-bond donors (Lipinski definition) is 1. The number of nitrogens with zero attached hydrogens (tertiary/aromatic N) is 2. The van der Waals surface area contributed by atoms with Crippen LogP contribution in [0.3, 0.4) is 0 Å². The summed E-state index contributed by atoms with van der Waals surface area (Å²) < 4.78 is 1.34. The summed E-state index contributed by atoms with van der Waals surface area (Å²) in [6, 6.07) is 10.7. The van der Waals surface area contributed by atoms with Crippen molar-refractivity contribution >= 4 is 38.9 Å². The number of aromatic nitrogens is 3. The van der Waals surface area contributed by atoms with Gasteiger partial charge >= 0.3 is 0 Å². The molecule has 1 N–H and O–H groups in total. The Morgan fingerprint density at radius 3 is 2.76 bits per heavy atom. The molecule has 3 aromatic heterocycles. The molecule has 0 amide bonds. The van der Waals surface area contributed by atoms with Gasteiger partial charge in [0.1, 0.15) is 4.83 Å². The van der Waals surface area contributed by atoms with E-state index >= 15 is 0 Å². The number of ketones is 1. The SMILES string of the molecule is O=C(Cn1cnc2scc(-c3ccc(Cl)cc3)c2c1=O)c1ccc[nH]1. The Labute approximate surface area is 151 Å². The van der Waals surface area contributed by atoms with E-state index in [0.29, 0.717) is 20.9 Å². The van der Waals surface area contributed by atoms with Gasteiger partial charge in [0.2, 0.25) is 0 Å². The van der Waals surface area contributed by atoms with Crippen LogP contribution in [0.15, 0.2) is 59.1 Å². The average Bonchev–Trinajstić information content (AvgIpc) is 3.28. The Kier molecular flexibility index (Phi) is 3.99. The van der Waals surface area contributed by atoms with Gasteiger partial charge in [0.05, 0.1) is 24.0 Å². The number of benzene rings is 1. The van der Waals surface area contributed by atoms with E-state index in [9.17, 15) is 9.59 Å². The Bertz CT molecular complexity index is 1110. The van der Waals surface area contributed by atoms with Crippen LogP contribution in [0.2, 0.25) is 5.02 Å². The molecule has 124 valence electrons. The Morgan fingerprint density at radius 2 is 2.04 bits per heavy atom. The zero-order chi connectivity index (χ0) is 17.4. The van der Waals surface area contributed by atoms with Crippen molar-refractivity contribution in [2.75, 3.05) is 0 Å². The fourth-order valence-corrected chi connectivity index (χ4v) is 3.70. The minimum Gasteiger partial charge on any atom is -0.359 e. The van der Waals surface area contributed by atoms with Crippen LogP contribution in [0, 0.1) is 0 Å². The van der Waals surface area contributed by atoms with Gasteiger partial charge in [0, 0.05) is 22.2 Å². The molecule has 0 fully saturated rings. The number of carbonyl (C=O) groups excluding carboxylic acids is 1. The van der Waals surface area contributed by atoms with Crippen LogP contribution in [0.4, 0.5) is 0 Å². The first-order valence-electron chi connectivity index (χ1n) is 7.52. The minimum absolute atomic E-state index is 0.0574. The first kappa shape index (κ1) is 15.8. The fraction of sp³-hybridized carbons (Fsp3) is 0.0556. The third-order valence-electron chi connectivity index (χ3n) is 3.93. The molecule has 0 aliphatic carbocycles. The zero-order valence-corrected chi connectivity index (χ0v) is 14.5. The monoisotopic (exact) mass is 369 g/mol. The number of thiophene rings is 1. The molecule has 0 aliphatic rings. The number of rotatable bonds is 4. The number of aromatic amines is 1. The summed E-state index contributed by atoms with van der Waals surface area (Å²) in [5, 5.41) is 3.06. The maximum absolute atomic E-state index is 12.9. The predicted octanol–water partition coefficient (Wildman–Crippen LogP) is 3.99. The zero-order valence-electron chi connectivity index (χ0n) is 12.9. The van der Waals surface area contributed by atoms with Gasteiger partial charge in [-0.05, 0) is 29.8 Å². The van der Waals surface area contributed by atoms with E-state index in [2.05, 4.69) is 9.97 Å². The van der Waals surface area contributed by atoms with Crippen LogP contribution in [-0.2, 0) is 6.54 Å². The molecule has 4 rings (SSSR count). The second-order valence-electron chi connectivity index (χ2n) is 5.52. The van der Waals surface area contributed by atoms with Crippen molar-refractivity contribution in [2.45, 2.75) is 6.54 Å². The molecule has 0 aliphatic heterocycles. The van der Waals surface area contributed by atoms with Gasteiger partial charge in [-0.1, -0.05) is 23.7 Å². The summed E-state index contributed by atoms with van der Waals surface area (Å²) in [6.45, 7) is -0.0574. The van der Waals surface area contributed by atoms with Crippen LogP contribution >= 0.6 is 22.9 Å². The number of halogens is 1. The van der Waals surface area contributed by atoms with E-state index in [1.807, 2.05) is 17.5 Å². The van der Waals surface area contributed by atoms with Gasteiger partial charge in [0.15, 0.2) is 5.78 Å². The van der Waals surface area contributed by atoms with Crippen LogP contribution in [0.5, 0.6) is 0 Å². The van der Waals surface area contributed by atoms with Crippen molar-refractivity contribution in [1.29, 1.82) is 0 Å². The molecule has 0 saturated heterocycles. The highest BCUT2D eigenvalue weighted by Crippen LogP contribution is 2.31. The second-order valence-corrected chi connectivity index (χ2v) is 6.82. The maximum Gasteiger partial charge on any atom is 0.263 e. The van der Waals surface area contributed by atoms with E-state index < -0.39 is 0 Å². The number of Topliss-reactive ketones (excluding diaryl/α,β-unsaturated/α-hetero) is 1. The molecule has 7 heteroatoms. The quantitative estimate of drug-likeness (QED) is 0.553. The first-order valence-corrected chi connectivity index (χ1v) is 8.78. The molecule has 4 aromatic rings. The van der Waals surface area contributed by atoms with E-state index in [1.54, 1.807) is 30.5 Å². The van der Waals surface area contributed by atoms with Crippen LogP contribution in [-0.4, -0.2) is 20.3 Å². The van der Waals surface area contributed by atoms with Gasteiger partial charge in [-0.15, -0.1) is 11.3 Å². The highest BCUT2D eigenvalue weighted by Gasteiger charge is 2.15. The largest absolute Gasteiger partial charge is 0.359 e. The minimum atomic E-state index is -0.226. The van der Waals surface area contributed by atoms with Gasteiger partial charge in [0.25, 0.3) is 5.56 Å². The van der Waals surface area contributed by atoms with Crippen molar-refractivity contribution in [3.05, 3.63) is 75.4 Å². The molecule has 25 heavy (non-hydrogen) atoms. The predicted molar refractivity (Wildman–Crippen MR) is 99.4 cm³/mol. The molecule has 5 nitrogen and oxygen atoms in total. The van der Waals surface area contributed by atoms with Crippen LogP contribution < -0.4 is 5.56 Å². The summed E-state index contributed by atoms with van der Waals surface area (Å²) >= 11 is 7.34. The summed E-state index contributed by atoms with van der Waals surface area (Å²) in [5.41, 5.74) is 1.94. The molecule has 0 radical (unpaired) electrons. The third-order valence-corrected chi connectivity index (χ3v) is 5.07. The highest BCUT2D eigenvalue weighted by atomic mass is 35.5. The fourth-order valence-electron chi connectivity index (χ4n) is 2.67. The van der Waals surface area contributed by atoms with Crippen molar-refractivity contribution in [3.63, 3.8) is 0 Å². The van der Waals surface area contributed by atoms with Crippen molar-refractivity contribution in [3.8, 4) is 11.1 Å². The molecule has 0 saturated carbocycles. The molecule has 0 unspecified atom stereocenters. The third kappa shape index (κ3) is 2.90. The number of nitrogens with one attached hydrogen (secondary N) is 1. The average molecular weight is 370 g/mol. The van der Waals surface area contributed by atoms with Gasteiger partial charge in [-0.3, -0.25) is 14.2 Å². The lowest BCUT2D eigenvalue weighted by Crippen LogP contribution is -2.24. The second kappa shape index (κ2) is 6.31. The van der Waals surface area contributed by atoms with Crippen LogP contribution in [0.1, 0.15) is 10.5 Å². The molecule has 1 aromatic carbocycles. The topological polar surface area (TPSA) is 67.8 Å². The summed E-state index contributed by atoms with van der Waals surface area (Å²) in [4.78, 5) is 33.0. The number of fused-ring (bicyclic) bond motifs is 1. The summed E-state index contributed by atoms with van der Waals surface area (Å²) in [5.74, 6) is -0.170. The smallest absolute Gasteiger partial charge is 0.263 e. The van der Waals surface area contributed by atoms with E-state index in [0.717, 1.165) is 11.1 Å². The van der Waals surface area contributed by atoms with E-state index in [-0.39, 0.29) is 17.9 Å². The molecular weight excluding hydrogens is 358 g/mol. The van der Waals surface area contributed by atoms with Gasteiger partial charge < -0.3 is 4.98 Å². The highest BCUT2D eigenvalue weighted by molar-refractivity contribution is 7.17. The summed E-state index contributed by atoms with van der Waals surface area (Å²) in [7, 11) is 0. The first-order chi connectivity index (χ1) is 12.1. The van der Waals surface area contributed by atoms with Gasteiger partial charge in [-0.25, -0.2) is 4.98 Å². The Balaban J connectivity index is 1.79. The lowest BCUT2D eigenvalue weighted by molar-refractivity contribution is 0.0966.